The van der Waals surface area contributed by atoms with Crippen molar-refractivity contribution in [3.8, 4) is 22.8 Å². The Balaban J connectivity index is 1.43. The lowest BCUT2D eigenvalue weighted by atomic mass is 10.0. The number of anilines is 1. The van der Waals surface area contributed by atoms with Gasteiger partial charge in [0.2, 0.25) is 5.91 Å². The number of amides is 1. The molecule has 0 unspecified atom stereocenters. The average Bonchev–Trinajstić information content (AvgIpc) is 3.32. The molecule has 1 aliphatic rings. The van der Waals surface area contributed by atoms with Crippen LogP contribution in [-0.2, 0) is 11.2 Å². The number of pyridine rings is 1. The first-order valence-corrected chi connectivity index (χ1v) is 12.0. The summed E-state index contributed by atoms with van der Waals surface area (Å²) in [5, 5.41) is 9.24. The summed E-state index contributed by atoms with van der Waals surface area (Å²) in [4.78, 5) is 19.0. The Morgan fingerprint density at radius 2 is 1.91 bits per heavy atom. The van der Waals surface area contributed by atoms with E-state index in [-0.39, 0.29) is 17.4 Å². The summed E-state index contributed by atoms with van der Waals surface area (Å²) in [6.45, 7) is -2.53. The van der Waals surface area contributed by atoms with Gasteiger partial charge in [0.05, 0.1) is 11.4 Å². The molecule has 0 N–H and O–H groups in total. The Morgan fingerprint density at radius 3 is 2.69 bits per heavy atom. The molecule has 2 aromatic carbocycles. The number of benzene rings is 2. The first-order valence-electron chi connectivity index (χ1n) is 11.0. The maximum absolute atomic E-state index is 13.3. The van der Waals surface area contributed by atoms with Crippen LogP contribution in [0.5, 0.6) is 5.75 Å². The van der Waals surface area contributed by atoms with Crippen LogP contribution in [0.15, 0.2) is 78.2 Å². The number of hydrogen-bond acceptors (Lipinski definition) is 6. The lowest BCUT2D eigenvalue weighted by Crippen LogP contribution is -2.37. The van der Waals surface area contributed by atoms with Crippen molar-refractivity contribution in [2.75, 3.05) is 17.2 Å². The van der Waals surface area contributed by atoms with Gasteiger partial charge in [0.1, 0.15) is 5.75 Å². The number of halogens is 2. The molecule has 1 aliphatic heterocycles. The number of carbonyl (C=O) groups is 1. The van der Waals surface area contributed by atoms with Gasteiger partial charge in [-0.3, -0.25) is 14.3 Å². The fourth-order valence-electron chi connectivity index (χ4n) is 4.12. The van der Waals surface area contributed by atoms with E-state index in [9.17, 15) is 13.6 Å². The van der Waals surface area contributed by atoms with Gasteiger partial charge in [-0.05, 0) is 48.7 Å². The Bertz CT molecular complexity index is 1320. The smallest absolute Gasteiger partial charge is 0.387 e. The summed E-state index contributed by atoms with van der Waals surface area (Å²) in [6.07, 6.45) is 4.83. The largest absolute Gasteiger partial charge is 0.433 e. The number of para-hydroxylation sites is 2. The molecule has 1 amide bonds. The van der Waals surface area contributed by atoms with E-state index in [0.29, 0.717) is 29.6 Å². The summed E-state index contributed by atoms with van der Waals surface area (Å²) in [7, 11) is 0. The number of ether oxygens (including phenoxy) is 1. The molecular formula is C25H21F2N5O2S. The van der Waals surface area contributed by atoms with Gasteiger partial charge in [0.15, 0.2) is 11.0 Å². The van der Waals surface area contributed by atoms with Crippen LogP contribution in [0.1, 0.15) is 12.0 Å². The molecule has 0 radical (unpaired) electrons. The second-order valence-corrected chi connectivity index (χ2v) is 8.74. The normalized spacial score (nSPS) is 13.1. The van der Waals surface area contributed by atoms with Crippen LogP contribution in [0.4, 0.5) is 14.5 Å². The van der Waals surface area contributed by atoms with Gasteiger partial charge < -0.3 is 9.64 Å². The maximum Gasteiger partial charge on any atom is 0.387 e. The quantitative estimate of drug-likeness (QED) is 0.337. The SMILES string of the molecule is O=C(CSc1nnc(-c2cccnc2)n1-c1ccccc1)N1CCCc2cccc(OC(F)F)c21. The Kier molecular flexibility index (Phi) is 6.71. The number of aromatic nitrogens is 4. The van der Waals surface area contributed by atoms with Gasteiger partial charge in [0.25, 0.3) is 0 Å². The number of carbonyl (C=O) groups excluding carboxylic acids is 1. The van der Waals surface area contributed by atoms with E-state index in [4.69, 9.17) is 4.74 Å². The highest BCUT2D eigenvalue weighted by Crippen LogP contribution is 2.38. The molecule has 5 rings (SSSR count). The third-order valence-corrected chi connectivity index (χ3v) is 6.50. The lowest BCUT2D eigenvalue weighted by Gasteiger charge is -2.31. The van der Waals surface area contributed by atoms with Crippen LogP contribution in [0.2, 0.25) is 0 Å². The van der Waals surface area contributed by atoms with Crippen LogP contribution in [0.3, 0.4) is 0 Å². The van der Waals surface area contributed by atoms with Crippen LogP contribution in [-0.4, -0.2) is 44.6 Å². The van der Waals surface area contributed by atoms with E-state index in [0.717, 1.165) is 23.2 Å². The predicted molar refractivity (Wildman–Crippen MR) is 129 cm³/mol. The number of alkyl halides is 2. The van der Waals surface area contributed by atoms with Crippen molar-refractivity contribution in [1.82, 2.24) is 19.7 Å². The van der Waals surface area contributed by atoms with Crippen LogP contribution in [0.25, 0.3) is 17.1 Å². The number of nitrogens with zero attached hydrogens (tertiary/aromatic N) is 5. The number of aryl methyl sites for hydroxylation is 1. The number of hydrogen-bond donors (Lipinski definition) is 0. The predicted octanol–water partition coefficient (Wildman–Crippen LogP) is 5.00. The molecule has 7 nitrogen and oxygen atoms in total. The molecule has 10 heteroatoms. The lowest BCUT2D eigenvalue weighted by molar-refractivity contribution is -0.116. The molecule has 0 fully saturated rings. The zero-order valence-electron chi connectivity index (χ0n) is 18.6. The Labute approximate surface area is 204 Å². The van der Waals surface area contributed by atoms with E-state index in [2.05, 4.69) is 15.2 Å². The molecule has 0 aliphatic carbocycles. The standard InChI is InChI=1S/C25H21F2N5O2S/c26-24(27)34-20-12-4-7-17-9-6-14-31(22(17)20)21(33)16-35-25-30-29-23(18-8-5-13-28-15-18)32(25)19-10-2-1-3-11-19/h1-5,7-8,10-13,15,24H,6,9,14,16H2. The van der Waals surface area contributed by atoms with E-state index in [1.807, 2.05) is 53.1 Å². The molecule has 0 bridgehead atoms. The zero-order chi connectivity index (χ0) is 24.2. The van der Waals surface area contributed by atoms with E-state index < -0.39 is 6.61 Å². The third kappa shape index (κ3) is 4.88. The summed E-state index contributed by atoms with van der Waals surface area (Å²) in [5.41, 5.74) is 2.88. The molecule has 2 aromatic heterocycles. The number of thioether (sulfide) groups is 1. The van der Waals surface area contributed by atoms with Gasteiger partial charge in [-0.15, -0.1) is 10.2 Å². The molecule has 0 saturated carbocycles. The number of rotatable bonds is 7. The first-order chi connectivity index (χ1) is 17.1. The van der Waals surface area contributed by atoms with Gasteiger partial charge in [-0.2, -0.15) is 8.78 Å². The fraction of sp³-hybridized carbons (Fsp3) is 0.200. The minimum atomic E-state index is -2.97. The summed E-state index contributed by atoms with van der Waals surface area (Å²) >= 11 is 1.24. The maximum atomic E-state index is 13.3. The molecule has 0 saturated heterocycles. The Hall–Kier alpha value is -3.79. The van der Waals surface area contributed by atoms with Crippen molar-refractivity contribution in [3.63, 3.8) is 0 Å². The van der Waals surface area contributed by atoms with Crippen molar-refractivity contribution >= 4 is 23.4 Å². The van der Waals surface area contributed by atoms with E-state index >= 15 is 0 Å². The highest BCUT2D eigenvalue weighted by molar-refractivity contribution is 7.99. The third-order valence-electron chi connectivity index (χ3n) is 5.59. The van der Waals surface area contributed by atoms with Gasteiger partial charge in [0, 0.05) is 30.2 Å². The molecule has 35 heavy (non-hydrogen) atoms. The first kappa shape index (κ1) is 23.0. The molecule has 178 valence electrons. The zero-order valence-corrected chi connectivity index (χ0v) is 19.4. The fourth-order valence-corrected chi connectivity index (χ4v) is 4.94. The summed E-state index contributed by atoms with van der Waals surface area (Å²) in [6, 6.07) is 18.3. The molecule has 4 aromatic rings. The van der Waals surface area contributed by atoms with Crippen LogP contribution in [0, 0.1) is 0 Å². The van der Waals surface area contributed by atoms with Crippen molar-refractivity contribution in [2.45, 2.75) is 24.6 Å². The molecule has 0 spiro atoms. The molecule has 3 heterocycles. The average molecular weight is 494 g/mol. The number of fused-ring (bicyclic) bond motifs is 1. The monoisotopic (exact) mass is 493 g/mol. The van der Waals surface area contributed by atoms with Crippen molar-refractivity contribution in [3.05, 3.63) is 78.6 Å². The van der Waals surface area contributed by atoms with Gasteiger partial charge in [-0.1, -0.05) is 42.1 Å². The minimum absolute atomic E-state index is 0.0156. The van der Waals surface area contributed by atoms with Crippen molar-refractivity contribution in [2.24, 2.45) is 0 Å². The Morgan fingerprint density at radius 1 is 1.06 bits per heavy atom. The van der Waals surface area contributed by atoms with Crippen molar-refractivity contribution in [1.29, 1.82) is 0 Å². The minimum Gasteiger partial charge on any atom is -0.433 e. The summed E-state index contributed by atoms with van der Waals surface area (Å²) < 4.78 is 32.6. The summed E-state index contributed by atoms with van der Waals surface area (Å²) in [5.74, 6) is 0.462. The molecular weight excluding hydrogens is 472 g/mol. The topological polar surface area (TPSA) is 73.1 Å². The van der Waals surface area contributed by atoms with E-state index in [1.165, 1.54) is 22.7 Å². The van der Waals surface area contributed by atoms with Gasteiger partial charge >= 0.3 is 6.61 Å². The highest BCUT2D eigenvalue weighted by Gasteiger charge is 2.28. The highest BCUT2D eigenvalue weighted by atomic mass is 32.2. The van der Waals surface area contributed by atoms with E-state index in [1.54, 1.807) is 18.5 Å². The van der Waals surface area contributed by atoms with Crippen LogP contribution >= 0.6 is 11.8 Å². The van der Waals surface area contributed by atoms with Crippen LogP contribution < -0.4 is 9.64 Å². The van der Waals surface area contributed by atoms with Crippen molar-refractivity contribution < 1.29 is 18.3 Å². The van der Waals surface area contributed by atoms with Gasteiger partial charge in [-0.25, -0.2) is 0 Å². The second kappa shape index (κ2) is 10.2. The molecule has 0 atom stereocenters. The second-order valence-electron chi connectivity index (χ2n) is 7.80.